The summed E-state index contributed by atoms with van der Waals surface area (Å²) in [6.45, 7) is 29.7. The Balaban J connectivity index is 4.61. The summed E-state index contributed by atoms with van der Waals surface area (Å²) in [6, 6.07) is -0.153. The van der Waals surface area contributed by atoms with E-state index in [9.17, 15) is 0 Å². The van der Waals surface area contributed by atoms with Crippen LogP contribution in [-0.2, 0) is 4.74 Å². The predicted octanol–water partition coefficient (Wildman–Crippen LogP) is 1.68. The van der Waals surface area contributed by atoms with E-state index in [1.54, 1.807) is 0 Å². The van der Waals surface area contributed by atoms with Crippen molar-refractivity contribution in [1.29, 1.82) is 0 Å². The second kappa shape index (κ2) is 10.5. The first-order chi connectivity index (χ1) is 9.72. The number of aliphatic hydroxyl groups is 1. The molecule has 0 bridgehead atoms. The number of hydrogen-bond acceptors (Lipinski definition) is 4. The van der Waals surface area contributed by atoms with Crippen LogP contribution in [0.5, 0.6) is 0 Å². The van der Waals surface area contributed by atoms with Crippen molar-refractivity contribution in [3.05, 3.63) is 20.8 Å². The van der Waals surface area contributed by atoms with Crippen LogP contribution in [0.25, 0.3) is 0 Å². The maximum atomic E-state index is 8.85. The van der Waals surface area contributed by atoms with Crippen molar-refractivity contribution in [3.8, 4) is 0 Å². The molecule has 0 fully saturated rings. The van der Waals surface area contributed by atoms with Gasteiger partial charge in [0.2, 0.25) is 0 Å². The molecular weight excluding hydrogens is 264 g/mol. The van der Waals surface area contributed by atoms with Gasteiger partial charge in [-0.05, 0) is 55.4 Å². The molecular formula is C17H32N2O2. The van der Waals surface area contributed by atoms with Gasteiger partial charge in [-0.25, -0.2) is 0 Å². The second-order valence-electron chi connectivity index (χ2n) is 5.74. The monoisotopic (exact) mass is 296 g/mol. The Bertz CT molecular complexity index is 249. The van der Waals surface area contributed by atoms with Crippen LogP contribution in [0.15, 0.2) is 0 Å². The van der Waals surface area contributed by atoms with Gasteiger partial charge < -0.3 is 9.84 Å². The molecule has 0 aliphatic carbocycles. The summed E-state index contributed by atoms with van der Waals surface area (Å²) in [7, 11) is 0. The van der Waals surface area contributed by atoms with E-state index in [4.69, 9.17) is 30.6 Å². The third-order valence-electron chi connectivity index (χ3n) is 3.86. The van der Waals surface area contributed by atoms with E-state index in [2.05, 4.69) is 11.8 Å². The lowest BCUT2D eigenvalue weighted by atomic mass is 10.1. The van der Waals surface area contributed by atoms with E-state index < -0.39 is 0 Å². The quantitative estimate of drug-likeness (QED) is 0.629. The highest BCUT2D eigenvalue weighted by molar-refractivity contribution is 4.83. The van der Waals surface area contributed by atoms with Gasteiger partial charge in [0.15, 0.2) is 0 Å². The van der Waals surface area contributed by atoms with Crippen molar-refractivity contribution in [2.24, 2.45) is 0 Å². The van der Waals surface area contributed by atoms with Crippen molar-refractivity contribution in [2.75, 3.05) is 26.3 Å². The average Bonchev–Trinajstić information content (AvgIpc) is 2.38. The van der Waals surface area contributed by atoms with Crippen molar-refractivity contribution in [3.63, 3.8) is 0 Å². The van der Waals surface area contributed by atoms with Crippen molar-refractivity contribution >= 4 is 0 Å². The van der Waals surface area contributed by atoms with Gasteiger partial charge in [0.05, 0.1) is 19.3 Å². The molecule has 0 aromatic rings. The highest BCUT2D eigenvalue weighted by atomic mass is 16.5. The fourth-order valence-corrected chi connectivity index (χ4v) is 2.43. The first kappa shape index (κ1) is 20.8. The Morgan fingerprint density at radius 3 is 1.67 bits per heavy atom. The van der Waals surface area contributed by atoms with E-state index >= 15 is 0 Å². The molecule has 0 saturated carbocycles. The molecule has 0 aliphatic heterocycles. The molecule has 0 aromatic carbocycles. The molecule has 0 aromatic heterocycles. The molecule has 4 heteroatoms. The van der Waals surface area contributed by atoms with Crippen molar-refractivity contribution in [1.82, 2.24) is 9.80 Å². The minimum atomic E-state index is -0.0988. The Morgan fingerprint density at radius 2 is 1.29 bits per heavy atom. The third kappa shape index (κ3) is 7.59. The van der Waals surface area contributed by atoms with E-state index in [1.165, 1.54) is 0 Å². The lowest BCUT2D eigenvalue weighted by Gasteiger charge is -2.39. The predicted molar refractivity (Wildman–Crippen MR) is 86.7 cm³/mol. The first-order valence-corrected chi connectivity index (χ1v) is 7.73. The van der Waals surface area contributed by atoms with Crippen LogP contribution in [0.2, 0.25) is 0 Å². The largest absolute Gasteiger partial charge is 0.394 e. The number of ether oxygens (including phenoxy) is 1. The lowest BCUT2D eigenvalue weighted by Crippen LogP contribution is -2.50. The Kier molecular flexibility index (Phi) is 10.5. The maximum Gasteiger partial charge on any atom is 0.0702 e. The fourth-order valence-electron chi connectivity index (χ4n) is 2.43. The molecule has 5 atom stereocenters. The summed E-state index contributed by atoms with van der Waals surface area (Å²) in [4.78, 5) is 4.20. The van der Waals surface area contributed by atoms with Gasteiger partial charge >= 0.3 is 0 Å². The van der Waals surface area contributed by atoms with E-state index in [0.717, 1.165) is 13.1 Å². The third-order valence-corrected chi connectivity index (χ3v) is 3.86. The minimum absolute atomic E-state index is 0.0119. The molecule has 21 heavy (non-hydrogen) atoms. The zero-order valence-electron chi connectivity index (χ0n) is 14.2. The van der Waals surface area contributed by atoms with E-state index in [0.29, 0.717) is 6.61 Å². The molecule has 0 heterocycles. The molecule has 0 rings (SSSR count). The number of hydrogen-bond donors (Lipinski definition) is 1. The van der Waals surface area contributed by atoms with Gasteiger partial charge in [-0.2, -0.15) is 0 Å². The molecule has 5 unspecified atom stereocenters. The van der Waals surface area contributed by atoms with Gasteiger partial charge in [-0.1, -0.05) is 0 Å². The lowest BCUT2D eigenvalue weighted by molar-refractivity contribution is -0.0204. The summed E-state index contributed by atoms with van der Waals surface area (Å²) in [5.41, 5.74) is 0. The van der Waals surface area contributed by atoms with Crippen LogP contribution >= 0.6 is 0 Å². The van der Waals surface area contributed by atoms with E-state index in [1.807, 2.05) is 32.6 Å². The van der Waals surface area contributed by atoms with Crippen LogP contribution in [0.1, 0.15) is 34.6 Å². The second-order valence-corrected chi connectivity index (χ2v) is 5.74. The molecule has 1 N–H and O–H groups in total. The summed E-state index contributed by atoms with van der Waals surface area (Å²) < 4.78 is 5.58. The number of aliphatic hydroxyl groups excluding tert-OH is 1. The molecule has 0 spiro atoms. The molecule has 122 valence electrons. The minimum Gasteiger partial charge on any atom is -0.394 e. The molecule has 4 nitrogen and oxygen atoms in total. The van der Waals surface area contributed by atoms with Crippen molar-refractivity contribution in [2.45, 2.75) is 64.9 Å². The Morgan fingerprint density at radius 1 is 0.857 bits per heavy atom. The van der Waals surface area contributed by atoms with Crippen LogP contribution in [-0.4, -0.2) is 71.5 Å². The number of nitrogens with zero attached hydrogens (tertiary/aromatic N) is 2. The maximum absolute atomic E-state index is 8.85. The van der Waals surface area contributed by atoms with Gasteiger partial charge in [-0.3, -0.25) is 9.80 Å². The Labute approximate surface area is 132 Å². The van der Waals surface area contributed by atoms with Crippen LogP contribution in [0, 0.1) is 20.8 Å². The highest BCUT2D eigenvalue weighted by Gasteiger charge is 2.24. The molecule has 0 aliphatic rings. The normalized spacial score (nSPS) is 15.7. The topological polar surface area (TPSA) is 35.9 Å². The highest BCUT2D eigenvalue weighted by Crippen LogP contribution is 2.13. The van der Waals surface area contributed by atoms with Gasteiger partial charge in [-0.15, -0.1) is 0 Å². The van der Waals surface area contributed by atoms with E-state index in [-0.39, 0.29) is 36.9 Å². The summed E-state index contributed by atoms with van der Waals surface area (Å²) >= 11 is 0. The van der Waals surface area contributed by atoms with Crippen LogP contribution < -0.4 is 0 Å². The molecule has 0 amide bonds. The van der Waals surface area contributed by atoms with Gasteiger partial charge in [0, 0.05) is 37.3 Å². The van der Waals surface area contributed by atoms with Crippen molar-refractivity contribution < 1.29 is 9.84 Å². The zero-order valence-corrected chi connectivity index (χ0v) is 14.2. The average molecular weight is 296 g/mol. The smallest absolute Gasteiger partial charge is 0.0702 e. The fraction of sp³-hybridized carbons (Fsp3) is 0.824. The SMILES string of the molecule is [CH]C(C)N(CCN(C([CH])C)C(C)C(C)OCCO)C([CH])C. The molecule has 6 radical (unpaired) electrons. The Hall–Kier alpha value is -0.160. The van der Waals surface area contributed by atoms with Crippen LogP contribution in [0.3, 0.4) is 0 Å². The summed E-state index contributed by atoms with van der Waals surface area (Å²) in [6.07, 6.45) is -0.0119. The van der Waals surface area contributed by atoms with Gasteiger partial charge in [0.1, 0.15) is 0 Å². The number of rotatable bonds is 11. The summed E-state index contributed by atoms with van der Waals surface area (Å²) in [5.74, 6) is 0. The standard InChI is InChI=1S/C17H32N2O2/c1-13(2)18(14(3)4)9-10-19(15(5)6)16(7)17(8)21-12-11-20/h1,3,5,13-17,20H,9-12H2,2,4,6-8H3. The van der Waals surface area contributed by atoms with Gasteiger partial charge in [0.25, 0.3) is 0 Å². The van der Waals surface area contributed by atoms with Crippen LogP contribution in [0.4, 0.5) is 0 Å². The zero-order chi connectivity index (χ0) is 16.6. The molecule has 0 saturated heterocycles. The first-order valence-electron chi connectivity index (χ1n) is 7.73. The summed E-state index contributed by atoms with van der Waals surface area (Å²) in [5, 5.41) is 8.85.